The number of aryl methyl sites for hydroxylation is 3. The van der Waals surface area contributed by atoms with Gasteiger partial charge in [-0.05, 0) is 79.8 Å². The maximum absolute atomic E-state index is 12.0. The Kier molecular flexibility index (Phi) is 6.00. The maximum Gasteiger partial charge on any atom is 0.337 e. The van der Waals surface area contributed by atoms with Crippen LogP contribution in [0.3, 0.4) is 0 Å². The van der Waals surface area contributed by atoms with Crippen molar-refractivity contribution in [2.45, 2.75) is 26.2 Å². The molecular formula is C29H27N3O2. The van der Waals surface area contributed by atoms with Crippen molar-refractivity contribution < 1.29 is 9.53 Å². The summed E-state index contributed by atoms with van der Waals surface area (Å²) in [7, 11) is 1.39. The van der Waals surface area contributed by atoms with Gasteiger partial charge in [-0.15, -0.1) is 0 Å². The monoisotopic (exact) mass is 449 g/mol. The summed E-state index contributed by atoms with van der Waals surface area (Å²) < 4.78 is 4.88. The average molecular weight is 450 g/mol. The molecule has 0 fully saturated rings. The lowest BCUT2D eigenvalue weighted by atomic mass is 10.0. The minimum atomic E-state index is -0.356. The number of methoxy groups -OCH3 is 1. The molecule has 0 aliphatic rings. The van der Waals surface area contributed by atoms with Crippen molar-refractivity contribution in [3.8, 4) is 0 Å². The van der Waals surface area contributed by atoms with E-state index in [1.807, 2.05) is 25.1 Å². The number of hydrogen-bond donors (Lipinski definition) is 2. The van der Waals surface area contributed by atoms with Gasteiger partial charge in [0.2, 0.25) is 0 Å². The van der Waals surface area contributed by atoms with Crippen LogP contribution in [0.5, 0.6) is 0 Å². The zero-order valence-corrected chi connectivity index (χ0v) is 19.4. The standard InChI is InChI=1S/C29H27N3O2/c1-19-16-28(25-17-21(29(33)34-2)12-15-27(25)31-19)32-23-13-10-20(11-14-23)6-5-7-22-18-30-26-9-4-3-8-24(22)26/h3-4,8-18,30H,5-7H2,1-2H3,(H,31,32). The van der Waals surface area contributed by atoms with Crippen molar-refractivity contribution in [1.82, 2.24) is 9.97 Å². The molecule has 170 valence electrons. The van der Waals surface area contributed by atoms with Crippen molar-refractivity contribution in [3.63, 3.8) is 0 Å². The minimum Gasteiger partial charge on any atom is -0.465 e. The fraction of sp³-hybridized carbons (Fsp3) is 0.172. The van der Waals surface area contributed by atoms with Gasteiger partial charge in [0.1, 0.15) is 0 Å². The SMILES string of the molecule is COC(=O)c1ccc2nc(C)cc(Nc3ccc(CCCc4c[nH]c5ccccc45)cc3)c2c1. The van der Waals surface area contributed by atoms with Gasteiger partial charge in [0.05, 0.1) is 18.2 Å². The van der Waals surface area contributed by atoms with Gasteiger partial charge in [-0.2, -0.15) is 0 Å². The van der Waals surface area contributed by atoms with E-state index in [4.69, 9.17) is 4.74 Å². The fourth-order valence-electron chi connectivity index (χ4n) is 4.44. The van der Waals surface area contributed by atoms with E-state index in [0.717, 1.165) is 47.2 Å². The highest BCUT2D eigenvalue weighted by atomic mass is 16.5. The highest BCUT2D eigenvalue weighted by Gasteiger charge is 2.11. The number of aromatic nitrogens is 2. The van der Waals surface area contributed by atoms with E-state index in [0.29, 0.717) is 5.56 Å². The number of anilines is 2. The topological polar surface area (TPSA) is 67.0 Å². The molecule has 0 spiro atoms. The quantitative estimate of drug-likeness (QED) is 0.270. The molecule has 0 radical (unpaired) electrons. The lowest BCUT2D eigenvalue weighted by Crippen LogP contribution is -2.02. The summed E-state index contributed by atoms with van der Waals surface area (Å²) in [6.07, 6.45) is 5.30. The Morgan fingerprint density at radius 2 is 1.79 bits per heavy atom. The van der Waals surface area contributed by atoms with Crippen LogP contribution in [0.25, 0.3) is 21.8 Å². The Bertz CT molecular complexity index is 1470. The third-order valence-corrected chi connectivity index (χ3v) is 6.18. The smallest absolute Gasteiger partial charge is 0.337 e. The minimum absolute atomic E-state index is 0.356. The van der Waals surface area contributed by atoms with Gasteiger partial charge in [0, 0.05) is 39.6 Å². The van der Waals surface area contributed by atoms with Crippen LogP contribution in [0.2, 0.25) is 0 Å². The van der Waals surface area contributed by atoms with Gasteiger partial charge in [-0.3, -0.25) is 4.98 Å². The first-order chi connectivity index (χ1) is 16.6. The zero-order valence-electron chi connectivity index (χ0n) is 19.4. The predicted octanol–water partition coefficient (Wildman–Crippen LogP) is 6.73. The number of esters is 1. The molecule has 5 heteroatoms. The molecule has 0 amide bonds. The van der Waals surface area contributed by atoms with E-state index in [1.54, 1.807) is 6.07 Å². The average Bonchev–Trinajstić information content (AvgIpc) is 3.27. The molecule has 0 saturated heterocycles. The van der Waals surface area contributed by atoms with E-state index >= 15 is 0 Å². The molecule has 2 N–H and O–H groups in total. The number of para-hydroxylation sites is 1. The fourth-order valence-corrected chi connectivity index (χ4v) is 4.44. The van der Waals surface area contributed by atoms with Crippen molar-refractivity contribution in [3.05, 3.63) is 101 Å². The number of carbonyl (C=O) groups excluding carboxylic acids is 1. The Morgan fingerprint density at radius 3 is 2.62 bits per heavy atom. The first kappa shape index (κ1) is 21.7. The van der Waals surface area contributed by atoms with Gasteiger partial charge in [-0.1, -0.05) is 30.3 Å². The van der Waals surface area contributed by atoms with Crippen molar-refractivity contribution in [2.24, 2.45) is 0 Å². The van der Waals surface area contributed by atoms with Crippen LogP contribution in [0.1, 0.15) is 33.6 Å². The molecule has 0 unspecified atom stereocenters. The van der Waals surface area contributed by atoms with Crippen LogP contribution >= 0.6 is 0 Å². The molecule has 5 aromatic rings. The molecule has 2 aromatic heterocycles. The zero-order chi connectivity index (χ0) is 23.5. The largest absolute Gasteiger partial charge is 0.465 e. The molecular weight excluding hydrogens is 422 g/mol. The summed E-state index contributed by atoms with van der Waals surface area (Å²) in [6.45, 7) is 1.97. The summed E-state index contributed by atoms with van der Waals surface area (Å²) in [5.74, 6) is -0.356. The number of nitrogens with zero attached hydrogens (tertiary/aromatic N) is 1. The highest BCUT2D eigenvalue weighted by Crippen LogP contribution is 2.28. The molecule has 5 nitrogen and oxygen atoms in total. The van der Waals surface area contributed by atoms with E-state index in [2.05, 4.69) is 70.0 Å². The number of aromatic amines is 1. The van der Waals surface area contributed by atoms with Crippen LogP contribution < -0.4 is 5.32 Å². The number of ether oxygens (including phenoxy) is 1. The number of H-pyrrole nitrogens is 1. The van der Waals surface area contributed by atoms with Crippen molar-refractivity contribution in [2.75, 3.05) is 12.4 Å². The van der Waals surface area contributed by atoms with Crippen LogP contribution in [0, 0.1) is 6.92 Å². The molecule has 0 aliphatic carbocycles. The summed E-state index contributed by atoms with van der Waals surface area (Å²) in [6, 6.07) is 24.4. The number of carbonyl (C=O) groups is 1. The molecule has 0 atom stereocenters. The second-order valence-electron chi connectivity index (χ2n) is 8.57. The van der Waals surface area contributed by atoms with Crippen LogP contribution in [0.15, 0.2) is 79.0 Å². The molecule has 2 heterocycles. The number of pyridine rings is 1. The summed E-state index contributed by atoms with van der Waals surface area (Å²) in [5.41, 5.74) is 8.06. The molecule has 0 saturated carbocycles. The Hall–Kier alpha value is -4.12. The molecule has 0 bridgehead atoms. The van der Waals surface area contributed by atoms with Gasteiger partial charge < -0.3 is 15.0 Å². The maximum atomic E-state index is 12.0. The van der Waals surface area contributed by atoms with E-state index in [1.165, 1.54) is 29.1 Å². The molecule has 34 heavy (non-hydrogen) atoms. The molecule has 0 aliphatic heterocycles. The summed E-state index contributed by atoms with van der Waals surface area (Å²) in [4.78, 5) is 19.9. The number of fused-ring (bicyclic) bond motifs is 2. The van der Waals surface area contributed by atoms with E-state index < -0.39 is 0 Å². The van der Waals surface area contributed by atoms with Crippen molar-refractivity contribution in [1.29, 1.82) is 0 Å². The van der Waals surface area contributed by atoms with Crippen molar-refractivity contribution >= 4 is 39.1 Å². The Labute approximate surface area is 198 Å². The van der Waals surface area contributed by atoms with E-state index in [9.17, 15) is 4.79 Å². The third kappa shape index (κ3) is 4.50. The second kappa shape index (κ2) is 9.40. The van der Waals surface area contributed by atoms with Gasteiger partial charge in [-0.25, -0.2) is 4.79 Å². The first-order valence-electron chi connectivity index (χ1n) is 11.5. The predicted molar refractivity (Wildman–Crippen MR) is 138 cm³/mol. The van der Waals surface area contributed by atoms with Crippen LogP contribution in [0.4, 0.5) is 11.4 Å². The summed E-state index contributed by atoms with van der Waals surface area (Å²) >= 11 is 0. The van der Waals surface area contributed by atoms with E-state index in [-0.39, 0.29) is 5.97 Å². The Morgan fingerprint density at radius 1 is 0.971 bits per heavy atom. The lowest BCUT2D eigenvalue weighted by Gasteiger charge is -2.12. The summed E-state index contributed by atoms with van der Waals surface area (Å²) in [5, 5.41) is 5.70. The second-order valence-corrected chi connectivity index (χ2v) is 8.57. The van der Waals surface area contributed by atoms with Crippen LogP contribution in [-0.4, -0.2) is 23.0 Å². The molecule has 3 aromatic carbocycles. The van der Waals surface area contributed by atoms with Crippen LogP contribution in [-0.2, 0) is 17.6 Å². The normalized spacial score (nSPS) is 11.1. The van der Waals surface area contributed by atoms with Gasteiger partial charge in [0.25, 0.3) is 0 Å². The van der Waals surface area contributed by atoms with Gasteiger partial charge >= 0.3 is 5.97 Å². The van der Waals surface area contributed by atoms with Gasteiger partial charge in [0.15, 0.2) is 0 Å². The lowest BCUT2D eigenvalue weighted by molar-refractivity contribution is 0.0601. The number of rotatable bonds is 7. The number of hydrogen-bond acceptors (Lipinski definition) is 4. The highest BCUT2D eigenvalue weighted by molar-refractivity contribution is 5.99. The number of nitrogens with one attached hydrogen (secondary N) is 2. The third-order valence-electron chi connectivity index (χ3n) is 6.18. The number of benzene rings is 3. The Balaban J connectivity index is 1.28. The first-order valence-corrected chi connectivity index (χ1v) is 11.5. The molecule has 5 rings (SSSR count).